The first-order valence-corrected chi connectivity index (χ1v) is 10.7. The number of nitrogens with zero attached hydrogens (tertiary/aromatic N) is 1. The zero-order chi connectivity index (χ0) is 21.4. The second kappa shape index (κ2) is 7.65. The molecule has 2 aromatic rings. The smallest absolute Gasteiger partial charge is 0.0497 e. The third kappa shape index (κ3) is 5.25. The minimum Gasteiger partial charge on any atom is -0.260 e. The fraction of sp³-hybridized carbons (Fsp3) is 0.593. The highest BCUT2D eigenvalue weighted by molar-refractivity contribution is 5.34. The van der Waals surface area contributed by atoms with Crippen molar-refractivity contribution in [3.8, 4) is 0 Å². The van der Waals surface area contributed by atoms with E-state index in [0.717, 1.165) is 12.8 Å². The van der Waals surface area contributed by atoms with E-state index in [1.54, 1.807) is 0 Å². The number of aromatic nitrogens is 1. The molecule has 2 rings (SSSR count). The first-order chi connectivity index (χ1) is 12.6. The Labute approximate surface area is 174 Å². The van der Waals surface area contributed by atoms with E-state index in [1.165, 1.54) is 22.4 Å². The molecule has 0 unspecified atom stereocenters. The van der Waals surface area contributed by atoms with E-state index in [2.05, 4.69) is 106 Å². The molecule has 0 aliphatic rings. The lowest BCUT2D eigenvalue weighted by Crippen LogP contribution is -2.29. The Morgan fingerprint density at radius 2 is 1.11 bits per heavy atom. The normalized spacial score (nSPS) is 13.6. The van der Waals surface area contributed by atoms with Gasteiger partial charge in [0.2, 0.25) is 0 Å². The van der Waals surface area contributed by atoms with Crippen LogP contribution in [0.15, 0.2) is 42.6 Å². The van der Waals surface area contributed by atoms with Crippen LogP contribution in [0.3, 0.4) is 0 Å². The quantitative estimate of drug-likeness (QED) is 0.518. The summed E-state index contributed by atoms with van der Waals surface area (Å²) >= 11 is 0. The average molecular weight is 380 g/mol. The molecule has 0 amide bonds. The predicted octanol–water partition coefficient (Wildman–Crippen LogP) is 7.71. The zero-order valence-corrected chi connectivity index (χ0v) is 19.9. The van der Waals surface area contributed by atoms with E-state index in [9.17, 15) is 0 Å². The molecule has 0 N–H and O–H groups in total. The highest BCUT2D eigenvalue weighted by atomic mass is 14.7. The molecular formula is C27H41N. The van der Waals surface area contributed by atoms with Gasteiger partial charge in [-0.2, -0.15) is 0 Å². The number of rotatable bonds is 5. The van der Waals surface area contributed by atoms with Crippen molar-refractivity contribution in [2.24, 2.45) is 0 Å². The number of hydrogen-bond donors (Lipinski definition) is 0. The van der Waals surface area contributed by atoms with Crippen LogP contribution in [0.4, 0.5) is 0 Å². The fourth-order valence-electron chi connectivity index (χ4n) is 3.86. The molecule has 0 aliphatic heterocycles. The first kappa shape index (κ1) is 22.7. The summed E-state index contributed by atoms with van der Waals surface area (Å²) < 4.78 is 0. The molecule has 0 bridgehead atoms. The summed E-state index contributed by atoms with van der Waals surface area (Å²) in [5.41, 5.74) is 5.95. The number of benzene rings is 1. The first-order valence-electron chi connectivity index (χ1n) is 10.7. The summed E-state index contributed by atoms with van der Waals surface area (Å²) in [6, 6.07) is 13.6. The Hall–Kier alpha value is -1.63. The minimum atomic E-state index is 0.0481. The van der Waals surface area contributed by atoms with Crippen molar-refractivity contribution in [3.63, 3.8) is 0 Å². The lowest BCUT2D eigenvalue weighted by atomic mass is 9.71. The number of pyridine rings is 1. The van der Waals surface area contributed by atoms with Crippen molar-refractivity contribution in [2.45, 2.75) is 104 Å². The van der Waals surface area contributed by atoms with Gasteiger partial charge in [0, 0.05) is 17.3 Å². The van der Waals surface area contributed by atoms with Gasteiger partial charge in [-0.15, -0.1) is 0 Å². The van der Waals surface area contributed by atoms with Crippen LogP contribution in [-0.4, -0.2) is 4.98 Å². The van der Waals surface area contributed by atoms with E-state index in [4.69, 9.17) is 4.98 Å². The second-order valence-corrected chi connectivity index (χ2v) is 11.7. The van der Waals surface area contributed by atoms with Gasteiger partial charge in [-0.1, -0.05) is 99.6 Å². The van der Waals surface area contributed by atoms with Crippen molar-refractivity contribution in [1.29, 1.82) is 0 Å². The molecule has 0 saturated carbocycles. The van der Waals surface area contributed by atoms with Crippen molar-refractivity contribution in [2.75, 3.05) is 0 Å². The van der Waals surface area contributed by atoms with Crippen LogP contribution >= 0.6 is 0 Å². The van der Waals surface area contributed by atoms with E-state index in [-0.39, 0.29) is 21.7 Å². The molecule has 1 aromatic heterocycles. The van der Waals surface area contributed by atoms with Crippen molar-refractivity contribution < 1.29 is 0 Å². The molecule has 1 heterocycles. The lowest BCUT2D eigenvalue weighted by molar-refractivity contribution is 0.363. The SMILES string of the molecule is CC(C)(C)c1ccc(C(C)(C)CCC(C)(C)c2ncccc2C(C)(C)C)cc1. The molecule has 1 nitrogen and oxygen atoms in total. The van der Waals surface area contributed by atoms with Gasteiger partial charge in [0.15, 0.2) is 0 Å². The predicted molar refractivity (Wildman–Crippen MR) is 123 cm³/mol. The fourth-order valence-corrected chi connectivity index (χ4v) is 3.86. The van der Waals surface area contributed by atoms with Gasteiger partial charge in [-0.3, -0.25) is 4.98 Å². The van der Waals surface area contributed by atoms with Crippen molar-refractivity contribution >= 4 is 0 Å². The zero-order valence-electron chi connectivity index (χ0n) is 19.9. The van der Waals surface area contributed by atoms with Crippen LogP contribution in [0.5, 0.6) is 0 Å². The van der Waals surface area contributed by atoms with E-state index in [0.29, 0.717) is 0 Å². The highest BCUT2D eigenvalue weighted by Crippen LogP contribution is 2.39. The summed E-state index contributed by atoms with van der Waals surface area (Å²) in [5, 5.41) is 0. The van der Waals surface area contributed by atoms with Crippen LogP contribution < -0.4 is 0 Å². The molecule has 0 aliphatic carbocycles. The van der Waals surface area contributed by atoms with E-state index in [1.807, 2.05) is 6.20 Å². The molecule has 1 heteroatoms. The van der Waals surface area contributed by atoms with E-state index < -0.39 is 0 Å². The largest absolute Gasteiger partial charge is 0.260 e. The third-order valence-corrected chi connectivity index (χ3v) is 6.16. The molecule has 1 aromatic carbocycles. The maximum Gasteiger partial charge on any atom is 0.0497 e. The van der Waals surface area contributed by atoms with Crippen LogP contribution in [0.25, 0.3) is 0 Å². The highest BCUT2D eigenvalue weighted by Gasteiger charge is 2.32. The van der Waals surface area contributed by atoms with Crippen LogP contribution in [0.1, 0.15) is 104 Å². The van der Waals surface area contributed by atoms with Gasteiger partial charge in [-0.05, 0) is 51.8 Å². The average Bonchev–Trinajstić information content (AvgIpc) is 2.59. The van der Waals surface area contributed by atoms with Crippen LogP contribution in [-0.2, 0) is 21.7 Å². The second-order valence-electron chi connectivity index (χ2n) is 11.7. The Kier molecular flexibility index (Phi) is 6.19. The Bertz CT molecular complexity index is 780. The van der Waals surface area contributed by atoms with Gasteiger partial charge in [0.05, 0.1) is 0 Å². The third-order valence-electron chi connectivity index (χ3n) is 6.16. The van der Waals surface area contributed by atoms with Gasteiger partial charge in [0.25, 0.3) is 0 Å². The van der Waals surface area contributed by atoms with Gasteiger partial charge >= 0.3 is 0 Å². The summed E-state index contributed by atoms with van der Waals surface area (Å²) in [6.45, 7) is 23.1. The van der Waals surface area contributed by atoms with Gasteiger partial charge in [0.1, 0.15) is 0 Å². The molecule has 154 valence electrons. The van der Waals surface area contributed by atoms with Gasteiger partial charge in [-0.25, -0.2) is 0 Å². The minimum absolute atomic E-state index is 0.0481. The molecule has 0 radical (unpaired) electrons. The molecule has 0 spiro atoms. The lowest BCUT2D eigenvalue weighted by Gasteiger charge is -2.35. The Balaban J connectivity index is 2.22. The Morgan fingerprint density at radius 3 is 1.61 bits per heavy atom. The van der Waals surface area contributed by atoms with Crippen molar-refractivity contribution in [3.05, 3.63) is 65.0 Å². The maximum atomic E-state index is 4.83. The summed E-state index contributed by atoms with van der Waals surface area (Å²) in [7, 11) is 0. The molecule has 0 fully saturated rings. The van der Waals surface area contributed by atoms with E-state index >= 15 is 0 Å². The monoisotopic (exact) mass is 379 g/mol. The Morgan fingerprint density at radius 1 is 0.607 bits per heavy atom. The molecular weight excluding hydrogens is 338 g/mol. The summed E-state index contributed by atoms with van der Waals surface area (Å²) in [6.07, 6.45) is 4.19. The molecule has 0 saturated heterocycles. The molecule has 0 atom stereocenters. The van der Waals surface area contributed by atoms with Crippen LogP contribution in [0, 0.1) is 0 Å². The number of hydrogen-bond acceptors (Lipinski definition) is 1. The summed E-state index contributed by atoms with van der Waals surface area (Å²) in [4.78, 5) is 4.83. The van der Waals surface area contributed by atoms with Crippen LogP contribution in [0.2, 0.25) is 0 Å². The molecule has 28 heavy (non-hydrogen) atoms. The maximum absolute atomic E-state index is 4.83. The van der Waals surface area contributed by atoms with Gasteiger partial charge < -0.3 is 0 Å². The van der Waals surface area contributed by atoms with Crippen molar-refractivity contribution in [1.82, 2.24) is 4.98 Å². The topological polar surface area (TPSA) is 12.9 Å². The standard InChI is InChI=1S/C27H41N/c1-24(2,3)20-13-15-21(16-14-20)26(7,8)17-18-27(9,10)23-22(25(4,5)6)12-11-19-28-23/h11-16,19H,17-18H2,1-10H3. The summed E-state index contributed by atoms with van der Waals surface area (Å²) in [5.74, 6) is 0.